The number of aromatic nitrogens is 2. The monoisotopic (exact) mass is 404 g/mol. The van der Waals surface area contributed by atoms with Crippen molar-refractivity contribution in [2.75, 3.05) is 18.9 Å². The number of carbonyl (C=O) groups is 2. The number of anilines is 1. The van der Waals surface area contributed by atoms with Crippen LogP contribution in [0.3, 0.4) is 0 Å². The molecule has 2 amide bonds. The number of benzene rings is 2. The second-order valence-electron chi connectivity index (χ2n) is 6.87. The van der Waals surface area contributed by atoms with Crippen molar-refractivity contribution in [1.29, 1.82) is 0 Å². The molecule has 0 atom stereocenters. The average Bonchev–Trinajstić information content (AvgIpc) is 3.02. The molecule has 0 radical (unpaired) electrons. The smallest absolute Gasteiger partial charge is 0.257 e. The van der Waals surface area contributed by atoms with Gasteiger partial charge in [0.2, 0.25) is 5.91 Å². The van der Waals surface area contributed by atoms with Crippen LogP contribution in [-0.4, -0.2) is 40.1 Å². The molecule has 7 heteroatoms. The Hall–Kier alpha value is -3.92. The number of hydrogen-bond acceptors (Lipinski definition) is 3. The summed E-state index contributed by atoms with van der Waals surface area (Å²) in [7, 11) is 1.55. The molecule has 1 heterocycles. The quantitative estimate of drug-likeness (QED) is 0.664. The predicted octanol–water partition coefficient (Wildman–Crippen LogP) is 3.32. The maximum Gasteiger partial charge on any atom is 0.257 e. The first-order valence-electron chi connectivity index (χ1n) is 9.24. The second-order valence-corrected chi connectivity index (χ2v) is 6.87. The molecule has 0 saturated heterocycles. The van der Waals surface area contributed by atoms with E-state index in [0.717, 1.165) is 0 Å². The van der Waals surface area contributed by atoms with E-state index in [1.165, 1.54) is 17.0 Å². The number of nitrogens with one attached hydrogen (secondary N) is 1. The van der Waals surface area contributed by atoms with Crippen molar-refractivity contribution in [2.45, 2.75) is 13.8 Å². The summed E-state index contributed by atoms with van der Waals surface area (Å²) in [6, 6.07) is 12.8. The van der Waals surface area contributed by atoms with E-state index in [1.807, 2.05) is 0 Å². The van der Waals surface area contributed by atoms with Crippen molar-refractivity contribution >= 4 is 17.5 Å². The predicted molar refractivity (Wildman–Crippen MR) is 113 cm³/mol. The molecule has 0 aliphatic heterocycles. The Kier molecular flexibility index (Phi) is 5.98. The van der Waals surface area contributed by atoms with E-state index in [-0.39, 0.29) is 24.2 Å². The fourth-order valence-corrected chi connectivity index (χ4v) is 3.15. The van der Waals surface area contributed by atoms with Crippen LogP contribution in [0, 0.1) is 32.0 Å². The third-order valence-corrected chi connectivity index (χ3v) is 4.62. The molecule has 1 N–H and O–H groups in total. The number of aryl methyl sites for hydroxylation is 1. The molecule has 152 valence electrons. The summed E-state index contributed by atoms with van der Waals surface area (Å²) in [5.41, 5.74) is 3.40. The first-order chi connectivity index (χ1) is 14.3. The van der Waals surface area contributed by atoms with Crippen LogP contribution in [0.4, 0.5) is 10.1 Å². The average molecular weight is 404 g/mol. The number of terminal acetylenes is 1. The molecular weight excluding hydrogens is 383 g/mol. The number of halogens is 1. The third-order valence-electron chi connectivity index (χ3n) is 4.62. The van der Waals surface area contributed by atoms with Crippen molar-refractivity contribution in [1.82, 2.24) is 14.7 Å². The van der Waals surface area contributed by atoms with Crippen LogP contribution in [0.2, 0.25) is 0 Å². The van der Waals surface area contributed by atoms with Gasteiger partial charge in [0.15, 0.2) is 0 Å². The number of likely N-dealkylation sites (N-methyl/N-ethyl adjacent to an activating group) is 1. The highest BCUT2D eigenvalue weighted by Crippen LogP contribution is 2.20. The summed E-state index contributed by atoms with van der Waals surface area (Å²) in [5, 5.41) is 7.14. The van der Waals surface area contributed by atoms with Gasteiger partial charge >= 0.3 is 0 Å². The van der Waals surface area contributed by atoms with Gasteiger partial charge in [0.05, 0.1) is 29.2 Å². The maximum atomic E-state index is 13.2. The fraction of sp³-hybridized carbons (Fsp3) is 0.174. The van der Waals surface area contributed by atoms with E-state index >= 15 is 0 Å². The molecular formula is C23H21FN4O2. The van der Waals surface area contributed by atoms with E-state index in [2.05, 4.69) is 16.3 Å². The molecule has 3 rings (SSSR count). The lowest BCUT2D eigenvalue weighted by Gasteiger charge is -2.17. The van der Waals surface area contributed by atoms with Gasteiger partial charge < -0.3 is 10.2 Å². The van der Waals surface area contributed by atoms with E-state index in [0.29, 0.717) is 33.9 Å². The molecule has 2 aromatic carbocycles. The Morgan fingerprint density at radius 2 is 1.90 bits per heavy atom. The highest BCUT2D eigenvalue weighted by molar-refractivity contribution is 6.00. The second kappa shape index (κ2) is 8.62. The number of hydrogen-bond donors (Lipinski definition) is 1. The van der Waals surface area contributed by atoms with Crippen molar-refractivity contribution < 1.29 is 14.0 Å². The lowest BCUT2D eigenvalue weighted by Crippen LogP contribution is -2.35. The van der Waals surface area contributed by atoms with Gasteiger partial charge in [-0.15, -0.1) is 6.42 Å². The van der Waals surface area contributed by atoms with Crippen LogP contribution in [0.15, 0.2) is 48.5 Å². The molecule has 1 aromatic heterocycles. The third kappa shape index (κ3) is 4.39. The minimum atomic E-state index is -0.352. The molecule has 0 aliphatic rings. The Morgan fingerprint density at radius 1 is 1.20 bits per heavy atom. The molecule has 0 aliphatic carbocycles. The normalized spacial score (nSPS) is 10.4. The maximum absolute atomic E-state index is 13.2. The van der Waals surface area contributed by atoms with Crippen molar-refractivity contribution in [3.05, 3.63) is 76.9 Å². The molecule has 0 saturated carbocycles. The highest BCUT2D eigenvalue weighted by atomic mass is 19.1. The zero-order chi connectivity index (χ0) is 21.8. The van der Waals surface area contributed by atoms with Gasteiger partial charge in [0, 0.05) is 18.3 Å². The van der Waals surface area contributed by atoms with Crippen LogP contribution in [-0.2, 0) is 4.79 Å². The summed E-state index contributed by atoms with van der Waals surface area (Å²) in [5.74, 6) is 1.48. The fourth-order valence-electron chi connectivity index (χ4n) is 3.15. The Morgan fingerprint density at radius 3 is 2.57 bits per heavy atom. The van der Waals surface area contributed by atoms with Gasteiger partial charge in [-0.25, -0.2) is 9.07 Å². The van der Waals surface area contributed by atoms with Crippen molar-refractivity contribution in [3.8, 4) is 18.0 Å². The summed E-state index contributed by atoms with van der Waals surface area (Å²) in [6.07, 6.45) is 5.37. The van der Waals surface area contributed by atoms with Crippen molar-refractivity contribution in [3.63, 3.8) is 0 Å². The molecule has 30 heavy (non-hydrogen) atoms. The summed E-state index contributed by atoms with van der Waals surface area (Å²) >= 11 is 0. The van der Waals surface area contributed by atoms with Gasteiger partial charge in [-0.2, -0.15) is 5.10 Å². The van der Waals surface area contributed by atoms with Gasteiger partial charge in [0.25, 0.3) is 5.91 Å². The zero-order valence-corrected chi connectivity index (χ0v) is 16.9. The summed E-state index contributed by atoms with van der Waals surface area (Å²) < 4.78 is 14.8. The molecule has 0 unspecified atom stereocenters. The van der Waals surface area contributed by atoms with Gasteiger partial charge in [0.1, 0.15) is 5.82 Å². The molecule has 0 spiro atoms. The zero-order valence-electron chi connectivity index (χ0n) is 16.9. The van der Waals surface area contributed by atoms with Crippen LogP contribution in [0.5, 0.6) is 0 Å². The lowest BCUT2D eigenvalue weighted by atomic mass is 10.1. The summed E-state index contributed by atoms with van der Waals surface area (Å²) in [6.45, 7) is 3.34. The number of nitrogens with zero attached hydrogens (tertiary/aromatic N) is 3. The standard InChI is InChI=1S/C23H21FN4O2/c1-5-17-7-6-8-19(13-17)25-21(29)14-27(4)23(30)22-15(2)26-28(16(22)3)20-11-9-18(24)10-12-20/h1,6-13H,14H2,2-4H3,(H,25,29). The van der Waals surface area contributed by atoms with Crippen LogP contribution < -0.4 is 5.32 Å². The minimum Gasteiger partial charge on any atom is -0.332 e. The Labute approximate surface area is 174 Å². The van der Waals surface area contributed by atoms with Crippen LogP contribution in [0.1, 0.15) is 27.3 Å². The molecule has 0 bridgehead atoms. The topological polar surface area (TPSA) is 67.2 Å². The van der Waals surface area contributed by atoms with Gasteiger partial charge in [-0.3, -0.25) is 9.59 Å². The van der Waals surface area contributed by atoms with Crippen LogP contribution in [0.25, 0.3) is 5.69 Å². The first-order valence-corrected chi connectivity index (χ1v) is 9.24. The molecule has 0 fully saturated rings. The summed E-state index contributed by atoms with van der Waals surface area (Å²) in [4.78, 5) is 26.7. The van der Waals surface area contributed by atoms with E-state index < -0.39 is 0 Å². The van der Waals surface area contributed by atoms with Crippen LogP contribution >= 0.6 is 0 Å². The van der Waals surface area contributed by atoms with Gasteiger partial charge in [-0.1, -0.05) is 12.0 Å². The largest absolute Gasteiger partial charge is 0.332 e. The SMILES string of the molecule is C#Cc1cccc(NC(=O)CN(C)C(=O)c2c(C)nn(-c3ccc(F)cc3)c2C)c1. The van der Waals surface area contributed by atoms with Gasteiger partial charge in [-0.05, 0) is 56.3 Å². The number of amides is 2. The number of rotatable bonds is 5. The minimum absolute atomic E-state index is 0.139. The molecule has 6 nitrogen and oxygen atoms in total. The number of carbonyl (C=O) groups excluding carboxylic acids is 2. The van der Waals surface area contributed by atoms with E-state index in [4.69, 9.17) is 6.42 Å². The van der Waals surface area contributed by atoms with E-state index in [1.54, 1.807) is 62.0 Å². The Bertz CT molecular complexity index is 1140. The highest BCUT2D eigenvalue weighted by Gasteiger charge is 2.23. The lowest BCUT2D eigenvalue weighted by molar-refractivity contribution is -0.116. The van der Waals surface area contributed by atoms with Crippen molar-refractivity contribution in [2.24, 2.45) is 0 Å². The Balaban J connectivity index is 1.75. The first kappa shape index (κ1) is 20.8. The van der Waals surface area contributed by atoms with E-state index in [9.17, 15) is 14.0 Å². The molecule has 3 aromatic rings.